The highest BCUT2D eigenvalue weighted by molar-refractivity contribution is 6.29. The summed E-state index contributed by atoms with van der Waals surface area (Å²) in [5, 5.41) is 0.346. The van der Waals surface area contributed by atoms with E-state index in [4.69, 9.17) is 11.6 Å². The molecule has 1 aromatic carbocycles. The summed E-state index contributed by atoms with van der Waals surface area (Å²) in [6.45, 7) is 0.277. The number of nitrogens with zero attached hydrogens (tertiary/aromatic N) is 2. The molecule has 0 spiro atoms. The lowest BCUT2D eigenvalue weighted by Crippen LogP contribution is -2.33. The Morgan fingerprint density at radius 3 is 2.67 bits per heavy atom. The normalized spacial score (nSPS) is 14.0. The molecule has 1 fully saturated rings. The van der Waals surface area contributed by atoms with Crippen LogP contribution in [0.2, 0.25) is 5.15 Å². The van der Waals surface area contributed by atoms with Crippen molar-refractivity contribution in [3.63, 3.8) is 0 Å². The smallest absolute Gasteiger partial charge is 0.255 e. The van der Waals surface area contributed by atoms with Crippen LogP contribution >= 0.6 is 11.6 Å². The summed E-state index contributed by atoms with van der Waals surface area (Å²) < 4.78 is 13.8. The van der Waals surface area contributed by atoms with Gasteiger partial charge in [-0.3, -0.25) is 4.79 Å². The van der Waals surface area contributed by atoms with Crippen LogP contribution in [0.3, 0.4) is 0 Å². The molecule has 21 heavy (non-hydrogen) atoms. The molecule has 1 heterocycles. The van der Waals surface area contributed by atoms with Crippen LogP contribution in [0.1, 0.15) is 28.8 Å². The van der Waals surface area contributed by atoms with Crippen LogP contribution in [0.15, 0.2) is 42.6 Å². The number of carbonyl (C=O) groups excluding carboxylic acids is 1. The number of rotatable bonds is 4. The summed E-state index contributed by atoms with van der Waals surface area (Å²) in [7, 11) is 0. The molecule has 1 aliphatic rings. The predicted octanol–water partition coefficient (Wildman–Crippen LogP) is 3.68. The van der Waals surface area contributed by atoms with E-state index in [1.54, 1.807) is 35.2 Å². The van der Waals surface area contributed by atoms with Crippen LogP contribution in [0.25, 0.3) is 0 Å². The molecule has 5 heteroatoms. The predicted molar refractivity (Wildman–Crippen MR) is 78.5 cm³/mol. The second kappa shape index (κ2) is 5.82. The van der Waals surface area contributed by atoms with Crippen molar-refractivity contribution in [2.24, 2.45) is 0 Å². The van der Waals surface area contributed by atoms with Gasteiger partial charge in [0, 0.05) is 24.3 Å². The lowest BCUT2D eigenvalue weighted by Gasteiger charge is -2.22. The fourth-order valence-electron chi connectivity index (χ4n) is 2.23. The van der Waals surface area contributed by atoms with E-state index in [2.05, 4.69) is 4.98 Å². The van der Waals surface area contributed by atoms with Gasteiger partial charge < -0.3 is 4.90 Å². The van der Waals surface area contributed by atoms with E-state index in [1.807, 2.05) is 0 Å². The van der Waals surface area contributed by atoms with Gasteiger partial charge in [0.15, 0.2) is 0 Å². The van der Waals surface area contributed by atoms with Gasteiger partial charge in [0.1, 0.15) is 11.0 Å². The number of hydrogen-bond acceptors (Lipinski definition) is 2. The molecular formula is C16H14ClFN2O. The van der Waals surface area contributed by atoms with Gasteiger partial charge >= 0.3 is 0 Å². The number of amides is 1. The Morgan fingerprint density at radius 2 is 2.05 bits per heavy atom. The maximum Gasteiger partial charge on any atom is 0.255 e. The number of pyridine rings is 1. The maximum absolute atomic E-state index is 13.8. The van der Waals surface area contributed by atoms with Crippen LogP contribution in [0.5, 0.6) is 0 Å². The van der Waals surface area contributed by atoms with Crippen molar-refractivity contribution in [3.8, 4) is 0 Å². The van der Waals surface area contributed by atoms with Crippen molar-refractivity contribution in [2.75, 3.05) is 0 Å². The molecule has 1 aliphatic carbocycles. The summed E-state index contributed by atoms with van der Waals surface area (Å²) in [4.78, 5) is 18.2. The van der Waals surface area contributed by atoms with Gasteiger partial charge in [-0.1, -0.05) is 29.8 Å². The fourth-order valence-corrected chi connectivity index (χ4v) is 2.34. The Balaban J connectivity index is 1.83. The zero-order valence-electron chi connectivity index (χ0n) is 11.3. The molecule has 0 aliphatic heterocycles. The summed E-state index contributed by atoms with van der Waals surface area (Å²) in [6.07, 6.45) is 3.38. The van der Waals surface area contributed by atoms with Crippen molar-refractivity contribution in [2.45, 2.75) is 25.4 Å². The molecule has 0 unspecified atom stereocenters. The zero-order chi connectivity index (χ0) is 14.8. The first-order chi connectivity index (χ1) is 10.1. The van der Waals surface area contributed by atoms with E-state index >= 15 is 0 Å². The second-order valence-corrected chi connectivity index (χ2v) is 5.51. The molecule has 0 atom stereocenters. The Bertz CT molecular complexity index is 656. The molecule has 0 radical (unpaired) electrons. The van der Waals surface area contributed by atoms with Gasteiger partial charge in [0.05, 0.1) is 5.56 Å². The van der Waals surface area contributed by atoms with Crippen molar-refractivity contribution in [1.29, 1.82) is 0 Å². The van der Waals surface area contributed by atoms with Gasteiger partial charge in [0.25, 0.3) is 5.91 Å². The van der Waals surface area contributed by atoms with Gasteiger partial charge in [-0.25, -0.2) is 9.37 Å². The van der Waals surface area contributed by atoms with Crippen molar-refractivity contribution in [3.05, 3.63) is 64.7 Å². The monoisotopic (exact) mass is 304 g/mol. The van der Waals surface area contributed by atoms with E-state index in [-0.39, 0.29) is 24.3 Å². The molecular weight excluding hydrogens is 291 g/mol. The Morgan fingerprint density at radius 1 is 1.29 bits per heavy atom. The summed E-state index contributed by atoms with van der Waals surface area (Å²) >= 11 is 5.74. The molecule has 1 saturated carbocycles. The molecule has 3 nitrogen and oxygen atoms in total. The second-order valence-electron chi connectivity index (χ2n) is 5.13. The fraction of sp³-hybridized carbons (Fsp3) is 0.250. The van der Waals surface area contributed by atoms with Crippen LogP contribution in [-0.2, 0) is 6.54 Å². The van der Waals surface area contributed by atoms with E-state index in [0.717, 1.165) is 12.8 Å². The van der Waals surface area contributed by atoms with Crippen molar-refractivity contribution in [1.82, 2.24) is 9.88 Å². The minimum absolute atomic E-state index is 0.134. The van der Waals surface area contributed by atoms with Gasteiger partial charge in [-0.2, -0.15) is 0 Å². The van der Waals surface area contributed by atoms with E-state index < -0.39 is 0 Å². The number of aromatic nitrogens is 1. The molecule has 0 saturated heterocycles. The van der Waals surface area contributed by atoms with Crippen molar-refractivity contribution >= 4 is 17.5 Å². The maximum atomic E-state index is 13.8. The summed E-state index contributed by atoms with van der Waals surface area (Å²) in [6, 6.07) is 9.96. The summed E-state index contributed by atoms with van der Waals surface area (Å²) in [5.74, 6) is -0.421. The molecule has 0 N–H and O–H groups in total. The number of hydrogen-bond donors (Lipinski definition) is 0. The van der Waals surface area contributed by atoms with Gasteiger partial charge in [-0.15, -0.1) is 0 Å². The van der Waals surface area contributed by atoms with Crippen LogP contribution in [0.4, 0.5) is 4.39 Å². The van der Waals surface area contributed by atoms with E-state index in [0.29, 0.717) is 16.3 Å². The third kappa shape index (κ3) is 3.22. The highest BCUT2D eigenvalue weighted by Gasteiger charge is 2.33. The molecule has 2 aromatic rings. The van der Waals surface area contributed by atoms with Crippen LogP contribution in [0, 0.1) is 5.82 Å². The first kappa shape index (κ1) is 14.0. The quantitative estimate of drug-likeness (QED) is 0.807. The first-order valence-electron chi connectivity index (χ1n) is 6.81. The molecule has 3 rings (SSSR count). The minimum atomic E-state index is -0.287. The lowest BCUT2D eigenvalue weighted by molar-refractivity contribution is 0.0728. The Kier molecular flexibility index (Phi) is 3.88. The average Bonchev–Trinajstić information content (AvgIpc) is 3.31. The molecule has 1 aromatic heterocycles. The first-order valence-corrected chi connectivity index (χ1v) is 7.19. The number of benzene rings is 1. The third-order valence-electron chi connectivity index (χ3n) is 3.52. The molecule has 0 bridgehead atoms. The highest BCUT2D eigenvalue weighted by Crippen LogP contribution is 2.30. The average molecular weight is 305 g/mol. The van der Waals surface area contributed by atoms with Crippen LogP contribution < -0.4 is 0 Å². The number of halogens is 2. The molecule has 108 valence electrons. The Hall–Kier alpha value is -1.94. The van der Waals surface area contributed by atoms with Gasteiger partial charge in [-0.05, 0) is 31.0 Å². The largest absolute Gasteiger partial charge is 0.331 e. The van der Waals surface area contributed by atoms with E-state index in [1.165, 1.54) is 12.3 Å². The number of carbonyl (C=O) groups is 1. The van der Waals surface area contributed by atoms with Gasteiger partial charge in [0.2, 0.25) is 0 Å². The zero-order valence-corrected chi connectivity index (χ0v) is 12.1. The minimum Gasteiger partial charge on any atom is -0.331 e. The van der Waals surface area contributed by atoms with Crippen molar-refractivity contribution < 1.29 is 9.18 Å². The Labute approximate surface area is 127 Å². The molecule has 1 amide bonds. The van der Waals surface area contributed by atoms with E-state index in [9.17, 15) is 9.18 Å². The topological polar surface area (TPSA) is 33.2 Å². The van der Waals surface area contributed by atoms with Crippen LogP contribution in [-0.4, -0.2) is 21.8 Å². The third-order valence-corrected chi connectivity index (χ3v) is 3.74. The standard InChI is InChI=1S/C16H14ClFN2O/c17-15-8-5-11(9-19-15)16(21)20(13-6-7-13)10-12-3-1-2-4-14(12)18/h1-5,8-9,13H,6-7,10H2. The SMILES string of the molecule is O=C(c1ccc(Cl)nc1)N(Cc1ccccc1F)C1CC1. The highest BCUT2D eigenvalue weighted by atomic mass is 35.5. The summed E-state index contributed by atoms with van der Waals surface area (Å²) in [5.41, 5.74) is 1.00. The lowest BCUT2D eigenvalue weighted by atomic mass is 10.1.